The van der Waals surface area contributed by atoms with Crippen molar-refractivity contribution in [2.45, 2.75) is 45.7 Å². The fourth-order valence-corrected chi connectivity index (χ4v) is 4.39. The van der Waals surface area contributed by atoms with Crippen molar-refractivity contribution in [2.75, 3.05) is 43.0 Å². The lowest BCUT2D eigenvalue weighted by Crippen LogP contribution is -2.44. The Kier molecular flexibility index (Phi) is 6.95. The Balaban J connectivity index is 1.25. The first-order chi connectivity index (χ1) is 15.1. The van der Waals surface area contributed by atoms with E-state index in [4.69, 9.17) is 4.98 Å². The van der Waals surface area contributed by atoms with Gasteiger partial charge < -0.3 is 20.4 Å². The number of aliphatic imine (C=N–C) groups is 1. The lowest BCUT2D eigenvalue weighted by atomic mass is 9.99. The monoisotopic (exact) mass is 420 g/mol. The van der Waals surface area contributed by atoms with E-state index in [1.165, 1.54) is 29.7 Å². The Bertz CT molecular complexity index is 853. The van der Waals surface area contributed by atoms with Gasteiger partial charge >= 0.3 is 0 Å². The van der Waals surface area contributed by atoms with Gasteiger partial charge in [0.25, 0.3) is 0 Å². The molecule has 1 atom stereocenters. The molecule has 2 fully saturated rings. The number of rotatable bonds is 5. The standard InChI is InChI=1S/C25H36N6/c1-19-4-7-23(8-5-19)31-15-12-22(18-31)29-25(26-3)28-17-21-6-9-24(27-16-21)30-13-10-20(2)11-14-30/h4-9,16,20,22H,10-15,17-18H2,1-3H3,(H2,26,28,29). The van der Waals surface area contributed by atoms with Gasteiger partial charge in [-0.15, -0.1) is 0 Å². The van der Waals surface area contributed by atoms with Crippen LogP contribution < -0.4 is 20.4 Å². The Hall–Kier alpha value is -2.76. The molecule has 2 N–H and O–H groups in total. The summed E-state index contributed by atoms with van der Waals surface area (Å²) in [6, 6.07) is 13.5. The number of aromatic nitrogens is 1. The fourth-order valence-electron chi connectivity index (χ4n) is 4.39. The van der Waals surface area contributed by atoms with Crippen LogP contribution in [0.15, 0.2) is 47.6 Å². The quantitative estimate of drug-likeness (QED) is 0.572. The highest BCUT2D eigenvalue weighted by atomic mass is 15.2. The van der Waals surface area contributed by atoms with E-state index in [0.717, 1.165) is 56.8 Å². The molecule has 0 aliphatic carbocycles. The molecule has 6 nitrogen and oxygen atoms in total. The second kappa shape index (κ2) is 10.0. The van der Waals surface area contributed by atoms with Gasteiger partial charge in [0.2, 0.25) is 0 Å². The first-order valence-electron chi connectivity index (χ1n) is 11.6. The van der Waals surface area contributed by atoms with Gasteiger partial charge in [0.15, 0.2) is 5.96 Å². The summed E-state index contributed by atoms with van der Waals surface area (Å²) in [6.07, 6.45) is 5.62. The maximum atomic E-state index is 4.70. The van der Waals surface area contributed by atoms with Gasteiger partial charge in [0.05, 0.1) is 0 Å². The maximum absolute atomic E-state index is 4.70. The van der Waals surface area contributed by atoms with Crippen LogP contribution in [0.2, 0.25) is 0 Å². The minimum Gasteiger partial charge on any atom is -0.369 e. The van der Waals surface area contributed by atoms with E-state index < -0.39 is 0 Å². The molecule has 1 aromatic carbocycles. The van der Waals surface area contributed by atoms with E-state index in [2.05, 4.69) is 75.7 Å². The van der Waals surface area contributed by atoms with Gasteiger partial charge in [-0.25, -0.2) is 4.98 Å². The van der Waals surface area contributed by atoms with Gasteiger partial charge in [-0.05, 0) is 55.9 Å². The third kappa shape index (κ3) is 5.69. The molecule has 2 saturated heterocycles. The summed E-state index contributed by atoms with van der Waals surface area (Å²) in [6.45, 7) is 9.48. The summed E-state index contributed by atoms with van der Waals surface area (Å²) in [5.74, 6) is 2.79. The molecule has 0 radical (unpaired) electrons. The summed E-state index contributed by atoms with van der Waals surface area (Å²) in [4.78, 5) is 14.0. The molecule has 0 amide bonds. The third-order valence-electron chi connectivity index (χ3n) is 6.53. The molecule has 2 aliphatic rings. The molecular formula is C25H36N6. The van der Waals surface area contributed by atoms with Crippen molar-refractivity contribution in [1.82, 2.24) is 15.6 Å². The number of nitrogens with zero attached hydrogens (tertiary/aromatic N) is 4. The smallest absolute Gasteiger partial charge is 0.191 e. The largest absolute Gasteiger partial charge is 0.369 e. The molecule has 2 aromatic rings. The predicted octanol–water partition coefficient (Wildman–Crippen LogP) is 3.57. The second-order valence-corrected chi connectivity index (χ2v) is 9.03. The zero-order chi connectivity index (χ0) is 21.6. The van der Waals surface area contributed by atoms with E-state index >= 15 is 0 Å². The summed E-state index contributed by atoms with van der Waals surface area (Å²) in [7, 11) is 1.83. The topological polar surface area (TPSA) is 55.8 Å². The molecule has 1 aromatic heterocycles. The molecule has 166 valence electrons. The van der Waals surface area contributed by atoms with Gasteiger partial charge in [-0.2, -0.15) is 0 Å². The minimum atomic E-state index is 0.398. The average Bonchev–Trinajstić information content (AvgIpc) is 3.26. The van der Waals surface area contributed by atoms with E-state index in [1.807, 2.05) is 13.2 Å². The fraction of sp³-hybridized carbons (Fsp3) is 0.520. The Morgan fingerprint density at radius 3 is 2.45 bits per heavy atom. The molecule has 1 unspecified atom stereocenters. The van der Waals surface area contributed by atoms with Crippen molar-refractivity contribution >= 4 is 17.5 Å². The van der Waals surface area contributed by atoms with Gasteiger partial charge in [0.1, 0.15) is 5.82 Å². The molecule has 6 heteroatoms. The Morgan fingerprint density at radius 1 is 1.03 bits per heavy atom. The van der Waals surface area contributed by atoms with Crippen LogP contribution in [0.3, 0.4) is 0 Å². The molecular weight excluding hydrogens is 384 g/mol. The molecule has 31 heavy (non-hydrogen) atoms. The Morgan fingerprint density at radius 2 is 1.77 bits per heavy atom. The number of guanidine groups is 1. The second-order valence-electron chi connectivity index (χ2n) is 9.03. The summed E-state index contributed by atoms with van der Waals surface area (Å²) >= 11 is 0. The normalized spacial score (nSPS) is 20.2. The zero-order valence-electron chi connectivity index (χ0n) is 19.1. The molecule has 0 spiro atoms. The average molecular weight is 421 g/mol. The van der Waals surface area contributed by atoms with Crippen LogP contribution in [0.5, 0.6) is 0 Å². The van der Waals surface area contributed by atoms with Gasteiger partial charge in [0, 0.05) is 57.7 Å². The number of anilines is 2. The zero-order valence-corrected chi connectivity index (χ0v) is 19.1. The number of aryl methyl sites for hydroxylation is 1. The van der Waals surface area contributed by atoms with Crippen LogP contribution in [-0.4, -0.2) is 50.2 Å². The van der Waals surface area contributed by atoms with Crippen molar-refractivity contribution in [3.05, 3.63) is 53.7 Å². The summed E-state index contributed by atoms with van der Waals surface area (Å²) in [5, 5.41) is 7.03. The van der Waals surface area contributed by atoms with Crippen molar-refractivity contribution < 1.29 is 0 Å². The molecule has 0 saturated carbocycles. The first-order valence-corrected chi connectivity index (χ1v) is 11.6. The molecule has 4 rings (SSSR count). The van der Waals surface area contributed by atoms with Crippen LogP contribution in [0.4, 0.5) is 11.5 Å². The maximum Gasteiger partial charge on any atom is 0.191 e. The SMILES string of the molecule is CN=C(NCc1ccc(N2CCC(C)CC2)nc1)NC1CCN(c2ccc(C)cc2)C1. The number of benzene rings is 1. The van der Waals surface area contributed by atoms with Crippen molar-refractivity contribution in [1.29, 1.82) is 0 Å². The number of hydrogen-bond acceptors (Lipinski definition) is 4. The number of nitrogens with one attached hydrogen (secondary N) is 2. The van der Waals surface area contributed by atoms with Gasteiger partial charge in [-0.3, -0.25) is 4.99 Å². The lowest BCUT2D eigenvalue weighted by molar-refractivity contribution is 0.436. The number of hydrogen-bond donors (Lipinski definition) is 2. The van der Waals surface area contributed by atoms with E-state index in [1.54, 1.807) is 0 Å². The van der Waals surface area contributed by atoms with E-state index in [0.29, 0.717) is 6.04 Å². The van der Waals surface area contributed by atoms with Crippen LogP contribution in [0.1, 0.15) is 37.3 Å². The third-order valence-corrected chi connectivity index (χ3v) is 6.53. The predicted molar refractivity (Wildman–Crippen MR) is 130 cm³/mol. The van der Waals surface area contributed by atoms with Crippen LogP contribution in [0.25, 0.3) is 0 Å². The number of piperidine rings is 1. The highest BCUT2D eigenvalue weighted by molar-refractivity contribution is 5.80. The van der Waals surface area contributed by atoms with Crippen molar-refractivity contribution in [3.63, 3.8) is 0 Å². The summed E-state index contributed by atoms with van der Waals surface area (Å²) < 4.78 is 0. The number of pyridine rings is 1. The minimum absolute atomic E-state index is 0.398. The van der Waals surface area contributed by atoms with E-state index in [-0.39, 0.29) is 0 Å². The molecule has 2 aliphatic heterocycles. The van der Waals surface area contributed by atoms with Crippen molar-refractivity contribution in [2.24, 2.45) is 10.9 Å². The van der Waals surface area contributed by atoms with Gasteiger partial charge in [-0.1, -0.05) is 30.7 Å². The van der Waals surface area contributed by atoms with Crippen molar-refractivity contribution in [3.8, 4) is 0 Å². The molecule has 0 bridgehead atoms. The summed E-state index contributed by atoms with van der Waals surface area (Å²) in [5.41, 5.74) is 3.77. The van der Waals surface area contributed by atoms with E-state index in [9.17, 15) is 0 Å². The van der Waals surface area contributed by atoms with Crippen LogP contribution in [0, 0.1) is 12.8 Å². The molecule has 3 heterocycles. The lowest BCUT2D eigenvalue weighted by Gasteiger charge is -2.31. The Labute approximate surface area is 186 Å². The van der Waals surface area contributed by atoms with Crippen LogP contribution >= 0.6 is 0 Å². The van der Waals surface area contributed by atoms with Crippen LogP contribution in [-0.2, 0) is 6.54 Å². The first kappa shape index (κ1) is 21.5. The highest BCUT2D eigenvalue weighted by Crippen LogP contribution is 2.22. The highest BCUT2D eigenvalue weighted by Gasteiger charge is 2.23.